The van der Waals surface area contributed by atoms with Crippen molar-refractivity contribution in [2.45, 2.75) is 24.3 Å². The smallest absolute Gasteiger partial charge is 0.240 e. The number of para-hydroxylation sites is 2. The van der Waals surface area contributed by atoms with Gasteiger partial charge in [-0.25, -0.2) is 0 Å². The highest BCUT2D eigenvalue weighted by Crippen LogP contribution is 2.58. The summed E-state index contributed by atoms with van der Waals surface area (Å²) in [6.45, 7) is 0.944. The van der Waals surface area contributed by atoms with Crippen molar-refractivity contribution < 1.29 is 4.79 Å². The molecule has 0 aromatic heterocycles. The molecule has 3 aliphatic heterocycles. The molecule has 3 nitrogen and oxygen atoms in total. The van der Waals surface area contributed by atoms with E-state index in [4.69, 9.17) is 0 Å². The molecule has 0 fully saturated rings. The Morgan fingerprint density at radius 2 is 1.54 bits per heavy atom. The Bertz CT molecular complexity index is 1120. The SMILES string of the molecule is CN1C(=O)[C@@]2(Cc3ccccc3N3CCc4ccccc4[C@H]32)c2ccccc21. The van der Waals surface area contributed by atoms with Gasteiger partial charge in [0.25, 0.3) is 0 Å². The summed E-state index contributed by atoms with van der Waals surface area (Å²) in [6.07, 6.45) is 1.77. The van der Waals surface area contributed by atoms with Gasteiger partial charge in [-0.05, 0) is 47.2 Å². The summed E-state index contributed by atoms with van der Waals surface area (Å²) in [6, 6.07) is 25.7. The molecule has 138 valence electrons. The average molecular weight is 366 g/mol. The van der Waals surface area contributed by atoms with Crippen molar-refractivity contribution in [1.82, 2.24) is 0 Å². The lowest BCUT2D eigenvalue weighted by Gasteiger charge is -2.52. The van der Waals surface area contributed by atoms with Gasteiger partial charge in [-0.15, -0.1) is 0 Å². The van der Waals surface area contributed by atoms with Crippen LogP contribution in [0.5, 0.6) is 0 Å². The summed E-state index contributed by atoms with van der Waals surface area (Å²) < 4.78 is 0. The van der Waals surface area contributed by atoms with Crippen LogP contribution in [0, 0.1) is 0 Å². The van der Waals surface area contributed by atoms with Crippen LogP contribution in [0.25, 0.3) is 0 Å². The molecule has 0 saturated carbocycles. The van der Waals surface area contributed by atoms with Crippen molar-refractivity contribution in [3.8, 4) is 0 Å². The summed E-state index contributed by atoms with van der Waals surface area (Å²) in [5.74, 6) is 0.218. The van der Waals surface area contributed by atoms with Gasteiger partial charge in [-0.3, -0.25) is 4.79 Å². The molecule has 3 heterocycles. The quantitative estimate of drug-likeness (QED) is 0.593. The third-order valence-electron chi connectivity index (χ3n) is 6.95. The minimum atomic E-state index is -0.573. The maximum atomic E-state index is 13.9. The van der Waals surface area contributed by atoms with E-state index in [1.807, 2.05) is 18.0 Å². The largest absolute Gasteiger partial charge is 0.362 e. The van der Waals surface area contributed by atoms with Crippen LogP contribution in [0.3, 0.4) is 0 Å². The van der Waals surface area contributed by atoms with Crippen LogP contribution >= 0.6 is 0 Å². The molecule has 2 atom stereocenters. The summed E-state index contributed by atoms with van der Waals surface area (Å²) in [4.78, 5) is 18.3. The molecule has 6 rings (SSSR count). The standard InChI is InChI=1S/C25H22N2O/c1-26-22-13-7-5-11-20(22)25(24(26)28)16-18-9-3-6-12-21(18)27-15-14-17-8-2-4-10-19(17)23(25)27/h2-13,23H,14-16H2,1H3/t23-,25-/m0/s1. The fraction of sp³-hybridized carbons (Fsp3) is 0.240. The normalized spacial score (nSPS) is 24.6. The van der Waals surface area contributed by atoms with Gasteiger partial charge in [0.2, 0.25) is 5.91 Å². The van der Waals surface area contributed by atoms with E-state index in [2.05, 4.69) is 71.6 Å². The Labute approximate surface area is 165 Å². The average Bonchev–Trinajstić information content (AvgIpc) is 2.96. The molecule has 3 heteroatoms. The summed E-state index contributed by atoms with van der Waals surface area (Å²) >= 11 is 0. The summed E-state index contributed by atoms with van der Waals surface area (Å²) in [5, 5.41) is 0. The first-order chi connectivity index (χ1) is 13.7. The number of fused-ring (bicyclic) bond motifs is 8. The molecule has 28 heavy (non-hydrogen) atoms. The fourth-order valence-electron chi connectivity index (χ4n) is 5.80. The van der Waals surface area contributed by atoms with Gasteiger partial charge in [0.1, 0.15) is 5.41 Å². The van der Waals surface area contributed by atoms with E-state index >= 15 is 0 Å². The van der Waals surface area contributed by atoms with Gasteiger partial charge in [0.15, 0.2) is 0 Å². The molecule has 1 spiro atoms. The predicted molar refractivity (Wildman–Crippen MR) is 112 cm³/mol. The Balaban J connectivity index is 1.70. The highest BCUT2D eigenvalue weighted by Gasteiger charge is 2.59. The van der Waals surface area contributed by atoms with Gasteiger partial charge >= 0.3 is 0 Å². The maximum absolute atomic E-state index is 13.9. The molecule has 1 amide bonds. The molecule has 0 radical (unpaired) electrons. The van der Waals surface area contributed by atoms with Crippen molar-refractivity contribution in [1.29, 1.82) is 0 Å². The van der Waals surface area contributed by atoms with E-state index in [0.717, 1.165) is 25.1 Å². The van der Waals surface area contributed by atoms with Gasteiger partial charge in [-0.1, -0.05) is 60.7 Å². The van der Waals surface area contributed by atoms with Gasteiger partial charge < -0.3 is 9.80 Å². The molecule has 0 saturated heterocycles. The minimum Gasteiger partial charge on any atom is -0.362 e. The number of amides is 1. The first-order valence-corrected chi connectivity index (χ1v) is 10.0. The second-order valence-electron chi connectivity index (χ2n) is 8.20. The highest BCUT2D eigenvalue weighted by atomic mass is 16.2. The lowest BCUT2D eigenvalue weighted by molar-refractivity contribution is -0.124. The van der Waals surface area contributed by atoms with Crippen LogP contribution in [0.4, 0.5) is 11.4 Å². The number of carbonyl (C=O) groups excluding carboxylic acids is 1. The van der Waals surface area contributed by atoms with E-state index in [0.29, 0.717) is 0 Å². The molecular formula is C25H22N2O. The summed E-state index contributed by atoms with van der Waals surface area (Å²) in [5.41, 5.74) is 6.89. The Morgan fingerprint density at radius 1 is 0.857 bits per heavy atom. The lowest BCUT2D eigenvalue weighted by Crippen LogP contribution is -2.56. The molecule has 0 N–H and O–H groups in total. The molecular weight excluding hydrogens is 344 g/mol. The monoisotopic (exact) mass is 366 g/mol. The number of benzene rings is 3. The number of carbonyl (C=O) groups is 1. The Hall–Kier alpha value is -3.07. The zero-order valence-corrected chi connectivity index (χ0v) is 15.9. The van der Waals surface area contributed by atoms with Gasteiger partial charge in [-0.2, -0.15) is 0 Å². The number of rotatable bonds is 0. The minimum absolute atomic E-state index is 0.0333. The Morgan fingerprint density at radius 3 is 2.39 bits per heavy atom. The van der Waals surface area contributed by atoms with Crippen LogP contribution in [-0.4, -0.2) is 19.5 Å². The molecule has 3 aliphatic rings. The topological polar surface area (TPSA) is 23.6 Å². The van der Waals surface area contributed by atoms with Crippen molar-refractivity contribution in [2.24, 2.45) is 0 Å². The molecule has 0 bridgehead atoms. The zero-order valence-electron chi connectivity index (χ0n) is 15.9. The Kier molecular flexibility index (Phi) is 3.12. The van der Waals surface area contributed by atoms with E-state index in [9.17, 15) is 4.79 Å². The van der Waals surface area contributed by atoms with Crippen LogP contribution in [0.1, 0.15) is 28.3 Å². The van der Waals surface area contributed by atoms with Crippen LogP contribution in [0.15, 0.2) is 72.8 Å². The van der Waals surface area contributed by atoms with Crippen LogP contribution in [0.2, 0.25) is 0 Å². The predicted octanol–water partition coefficient (Wildman–Crippen LogP) is 4.26. The first kappa shape index (κ1) is 15.9. The van der Waals surface area contributed by atoms with E-state index in [1.165, 1.54) is 27.9 Å². The number of hydrogen-bond donors (Lipinski definition) is 0. The van der Waals surface area contributed by atoms with Crippen molar-refractivity contribution in [3.63, 3.8) is 0 Å². The number of anilines is 2. The van der Waals surface area contributed by atoms with Crippen molar-refractivity contribution in [3.05, 3.63) is 95.1 Å². The van der Waals surface area contributed by atoms with Crippen LogP contribution < -0.4 is 9.80 Å². The maximum Gasteiger partial charge on any atom is 0.240 e. The molecule has 0 unspecified atom stereocenters. The van der Waals surface area contributed by atoms with E-state index in [1.54, 1.807) is 0 Å². The van der Waals surface area contributed by atoms with Gasteiger partial charge in [0.05, 0.1) is 6.04 Å². The number of likely N-dealkylation sites (N-methyl/N-ethyl adjacent to an activating group) is 1. The van der Waals surface area contributed by atoms with E-state index < -0.39 is 5.41 Å². The fourth-order valence-corrected chi connectivity index (χ4v) is 5.80. The van der Waals surface area contributed by atoms with Crippen molar-refractivity contribution in [2.75, 3.05) is 23.4 Å². The zero-order chi connectivity index (χ0) is 18.9. The second-order valence-corrected chi connectivity index (χ2v) is 8.20. The molecule has 3 aromatic rings. The number of hydrogen-bond acceptors (Lipinski definition) is 2. The number of nitrogens with zero attached hydrogens (tertiary/aromatic N) is 2. The first-order valence-electron chi connectivity index (χ1n) is 10.0. The third kappa shape index (κ3) is 1.82. The highest BCUT2D eigenvalue weighted by molar-refractivity contribution is 6.09. The molecule has 3 aromatic carbocycles. The van der Waals surface area contributed by atoms with Crippen molar-refractivity contribution >= 4 is 17.3 Å². The summed E-state index contributed by atoms with van der Waals surface area (Å²) in [7, 11) is 1.93. The van der Waals surface area contributed by atoms with Crippen LogP contribution in [-0.2, 0) is 23.1 Å². The third-order valence-corrected chi connectivity index (χ3v) is 6.95. The van der Waals surface area contributed by atoms with E-state index in [-0.39, 0.29) is 11.9 Å². The lowest BCUT2D eigenvalue weighted by atomic mass is 9.64. The molecule has 0 aliphatic carbocycles. The second kappa shape index (κ2) is 5.48. The van der Waals surface area contributed by atoms with Gasteiger partial charge in [0, 0.05) is 25.0 Å².